The zero-order valence-electron chi connectivity index (χ0n) is 17.8. The van der Waals surface area contributed by atoms with Crippen LogP contribution in [0.1, 0.15) is 54.7 Å². The molecule has 4 bridgehead atoms. The summed E-state index contributed by atoms with van der Waals surface area (Å²) in [7, 11) is 0. The average molecular weight is 440 g/mol. The minimum atomic E-state index is -0.291. The normalized spacial score (nSPS) is 30.8. The molecule has 1 amide bonds. The van der Waals surface area contributed by atoms with Crippen LogP contribution in [0.4, 0.5) is 10.6 Å². The minimum Gasteiger partial charge on any atom is -0.444 e. The Kier molecular flexibility index (Phi) is 4.85. The molecule has 0 unspecified atom stereocenters. The molecule has 7 rings (SSSR count). The first-order valence-corrected chi connectivity index (χ1v) is 12.4. The molecule has 0 aromatic carbocycles. The largest absolute Gasteiger partial charge is 0.444 e. The van der Waals surface area contributed by atoms with Gasteiger partial charge in [0.05, 0.1) is 22.6 Å². The molecule has 0 atom stereocenters. The van der Waals surface area contributed by atoms with Crippen LogP contribution in [-0.2, 0) is 24.3 Å². The fourth-order valence-electron chi connectivity index (χ4n) is 6.98. The summed E-state index contributed by atoms with van der Waals surface area (Å²) in [5, 5.41) is 3.73. The molecule has 3 heterocycles. The quantitative estimate of drug-likeness (QED) is 0.750. The average Bonchev–Trinajstić information content (AvgIpc) is 3.28. The lowest BCUT2D eigenvalue weighted by Crippen LogP contribution is -2.49. The third-order valence-electron chi connectivity index (χ3n) is 7.88. The van der Waals surface area contributed by atoms with Gasteiger partial charge in [0.25, 0.3) is 0 Å². The highest BCUT2D eigenvalue weighted by Gasteiger charge is 2.50. The Hall–Kier alpha value is -2.22. The van der Waals surface area contributed by atoms with Gasteiger partial charge in [-0.15, -0.1) is 11.3 Å². The molecule has 2 aromatic heterocycles. The van der Waals surface area contributed by atoms with E-state index in [-0.39, 0.29) is 12.7 Å². The Morgan fingerprint density at radius 2 is 1.97 bits per heavy atom. The van der Waals surface area contributed by atoms with Crippen LogP contribution in [0.2, 0.25) is 0 Å². The Morgan fingerprint density at radius 3 is 2.68 bits per heavy atom. The van der Waals surface area contributed by atoms with Gasteiger partial charge < -0.3 is 15.0 Å². The van der Waals surface area contributed by atoms with Crippen molar-refractivity contribution in [3.8, 4) is 0 Å². The zero-order chi connectivity index (χ0) is 20.8. The van der Waals surface area contributed by atoms with Gasteiger partial charge in [0.15, 0.2) is 0 Å². The molecule has 0 saturated heterocycles. The number of hydrogen-bond donors (Lipinski definition) is 1. The number of carbonyl (C=O) groups excluding carboxylic acids is 1. The predicted molar refractivity (Wildman–Crippen MR) is 118 cm³/mol. The highest BCUT2D eigenvalue weighted by atomic mass is 32.1. The van der Waals surface area contributed by atoms with Gasteiger partial charge in [-0.25, -0.2) is 14.8 Å². The summed E-state index contributed by atoms with van der Waals surface area (Å²) in [5.41, 5.74) is 4.31. The molecule has 4 aliphatic carbocycles. The SMILES string of the molecule is O=C(OCc1cncs1)N1CCc2c(ncnc2NCC23CC4CC(CC(C4)C2)C3)C1. The van der Waals surface area contributed by atoms with E-state index in [2.05, 4.69) is 20.3 Å². The fraction of sp³-hybridized carbons (Fsp3) is 0.652. The molecule has 7 nitrogen and oxygen atoms in total. The molecule has 8 heteroatoms. The lowest BCUT2D eigenvalue weighted by atomic mass is 9.49. The second-order valence-corrected chi connectivity index (χ2v) is 11.1. The van der Waals surface area contributed by atoms with E-state index >= 15 is 0 Å². The standard InChI is InChI=1S/C23H29N5O2S/c29-22(30-11-18-9-24-14-31-18)28-2-1-19-20(10-28)26-13-27-21(19)25-12-23-6-15-3-16(7-23)5-17(4-15)8-23/h9,13-17H,1-8,10-12H2,(H,25,26,27). The molecule has 0 spiro atoms. The van der Waals surface area contributed by atoms with Crippen molar-refractivity contribution in [3.63, 3.8) is 0 Å². The van der Waals surface area contributed by atoms with Crippen molar-refractivity contribution in [2.24, 2.45) is 23.2 Å². The smallest absolute Gasteiger partial charge is 0.410 e. The van der Waals surface area contributed by atoms with Gasteiger partial charge in [-0.3, -0.25) is 4.98 Å². The highest BCUT2D eigenvalue weighted by Crippen LogP contribution is 2.59. The first-order valence-electron chi connectivity index (χ1n) is 11.5. The molecule has 31 heavy (non-hydrogen) atoms. The third-order valence-corrected chi connectivity index (χ3v) is 8.64. The number of carbonyl (C=O) groups is 1. The first kappa shape index (κ1) is 19.5. The van der Waals surface area contributed by atoms with E-state index in [0.717, 1.165) is 47.1 Å². The van der Waals surface area contributed by atoms with Crippen LogP contribution in [0.5, 0.6) is 0 Å². The molecule has 2 aromatic rings. The summed E-state index contributed by atoms with van der Waals surface area (Å²) >= 11 is 1.49. The van der Waals surface area contributed by atoms with Crippen molar-refractivity contribution in [1.82, 2.24) is 19.9 Å². The van der Waals surface area contributed by atoms with Gasteiger partial charge >= 0.3 is 6.09 Å². The number of aromatic nitrogens is 3. The maximum Gasteiger partial charge on any atom is 0.410 e. The topological polar surface area (TPSA) is 80.2 Å². The molecule has 0 radical (unpaired) electrons. The maximum absolute atomic E-state index is 12.5. The van der Waals surface area contributed by atoms with E-state index in [1.165, 1.54) is 55.4 Å². The number of amides is 1. The number of anilines is 1. The van der Waals surface area contributed by atoms with Crippen molar-refractivity contribution < 1.29 is 9.53 Å². The second-order valence-electron chi connectivity index (χ2n) is 10.1. The van der Waals surface area contributed by atoms with Crippen LogP contribution in [0.15, 0.2) is 18.0 Å². The molecule has 1 aliphatic heterocycles. The fourth-order valence-corrected chi connectivity index (χ4v) is 7.48. The van der Waals surface area contributed by atoms with Crippen LogP contribution >= 0.6 is 11.3 Å². The van der Waals surface area contributed by atoms with Crippen molar-refractivity contribution in [3.05, 3.63) is 34.2 Å². The van der Waals surface area contributed by atoms with E-state index in [9.17, 15) is 4.79 Å². The number of nitrogens with zero attached hydrogens (tertiary/aromatic N) is 4. The summed E-state index contributed by atoms with van der Waals surface area (Å²) in [6.07, 6.45) is 12.4. The summed E-state index contributed by atoms with van der Waals surface area (Å²) in [6, 6.07) is 0. The van der Waals surface area contributed by atoms with Gasteiger partial charge in [-0.05, 0) is 68.1 Å². The minimum absolute atomic E-state index is 0.272. The molecular weight excluding hydrogens is 410 g/mol. The Labute approximate surface area is 186 Å². The van der Waals surface area contributed by atoms with Crippen molar-refractivity contribution in [1.29, 1.82) is 0 Å². The lowest BCUT2D eigenvalue weighted by Gasteiger charge is -2.57. The molecule has 1 N–H and O–H groups in total. The number of ether oxygens (including phenoxy) is 1. The highest BCUT2D eigenvalue weighted by molar-refractivity contribution is 7.09. The Balaban J connectivity index is 1.10. The second kappa shape index (κ2) is 7.73. The number of fused-ring (bicyclic) bond motifs is 1. The Bertz CT molecular complexity index is 928. The van der Waals surface area contributed by atoms with Gasteiger partial charge in [0, 0.05) is 24.8 Å². The van der Waals surface area contributed by atoms with E-state index in [1.807, 2.05) is 0 Å². The zero-order valence-corrected chi connectivity index (χ0v) is 18.6. The number of thiazole rings is 1. The van der Waals surface area contributed by atoms with Gasteiger partial charge in [0.1, 0.15) is 18.8 Å². The van der Waals surface area contributed by atoms with Crippen LogP contribution in [0, 0.1) is 23.2 Å². The molecule has 164 valence electrons. The summed E-state index contributed by atoms with van der Waals surface area (Å²) in [5.74, 6) is 3.84. The van der Waals surface area contributed by atoms with Crippen LogP contribution < -0.4 is 5.32 Å². The van der Waals surface area contributed by atoms with Gasteiger partial charge in [-0.1, -0.05) is 0 Å². The predicted octanol–water partition coefficient (Wildman–Crippen LogP) is 4.26. The molecular formula is C23H29N5O2S. The lowest BCUT2D eigenvalue weighted by molar-refractivity contribution is -0.0444. The molecule has 4 fully saturated rings. The summed E-state index contributed by atoms with van der Waals surface area (Å²) < 4.78 is 5.45. The molecule has 5 aliphatic rings. The van der Waals surface area contributed by atoms with Gasteiger partial charge in [-0.2, -0.15) is 0 Å². The van der Waals surface area contributed by atoms with Crippen molar-refractivity contribution in [2.45, 2.75) is 58.1 Å². The summed E-state index contributed by atoms with van der Waals surface area (Å²) in [6.45, 7) is 2.41. The summed E-state index contributed by atoms with van der Waals surface area (Å²) in [4.78, 5) is 28.3. The van der Waals surface area contributed by atoms with E-state index < -0.39 is 0 Å². The van der Waals surface area contributed by atoms with Crippen LogP contribution in [0.3, 0.4) is 0 Å². The number of rotatable bonds is 5. The third kappa shape index (κ3) is 3.79. The van der Waals surface area contributed by atoms with E-state index in [4.69, 9.17) is 4.74 Å². The molecule has 4 saturated carbocycles. The van der Waals surface area contributed by atoms with Crippen LogP contribution in [0.25, 0.3) is 0 Å². The van der Waals surface area contributed by atoms with Crippen molar-refractivity contribution >= 4 is 23.2 Å². The number of nitrogens with one attached hydrogen (secondary N) is 1. The Morgan fingerprint density at radius 1 is 1.19 bits per heavy atom. The number of hydrogen-bond acceptors (Lipinski definition) is 7. The first-order chi connectivity index (χ1) is 15.2. The monoisotopic (exact) mass is 439 g/mol. The van der Waals surface area contributed by atoms with E-state index in [1.54, 1.807) is 22.9 Å². The van der Waals surface area contributed by atoms with Crippen LogP contribution in [-0.4, -0.2) is 39.0 Å². The van der Waals surface area contributed by atoms with Gasteiger partial charge in [0.2, 0.25) is 0 Å². The maximum atomic E-state index is 12.5. The van der Waals surface area contributed by atoms with E-state index in [0.29, 0.717) is 18.5 Å². The van der Waals surface area contributed by atoms with Crippen molar-refractivity contribution in [2.75, 3.05) is 18.4 Å².